The Kier molecular flexibility index (Phi) is 3.36. The van der Waals surface area contributed by atoms with Crippen LogP contribution in [0.3, 0.4) is 0 Å². The number of aliphatic carboxylic acids is 1. The van der Waals surface area contributed by atoms with Gasteiger partial charge in [0.15, 0.2) is 5.75 Å². The molecule has 6 nitrogen and oxygen atoms in total. The second-order valence-electron chi connectivity index (χ2n) is 4.45. The second-order valence-corrected chi connectivity index (χ2v) is 4.45. The third-order valence-electron chi connectivity index (χ3n) is 2.46. The molecular formula is C11H13NO5. The lowest BCUT2D eigenvalue weighted by atomic mass is 9.86. The van der Waals surface area contributed by atoms with Gasteiger partial charge >= 0.3 is 11.7 Å². The number of nitro benzene ring substituents is 1. The van der Waals surface area contributed by atoms with Crippen molar-refractivity contribution >= 4 is 11.7 Å². The van der Waals surface area contributed by atoms with Gasteiger partial charge in [0.25, 0.3) is 0 Å². The first-order valence-corrected chi connectivity index (χ1v) is 4.94. The zero-order chi connectivity index (χ0) is 13.2. The monoisotopic (exact) mass is 239 g/mol. The quantitative estimate of drug-likeness (QED) is 0.617. The summed E-state index contributed by atoms with van der Waals surface area (Å²) in [6, 6.07) is 3.84. The molecule has 0 atom stereocenters. The molecule has 2 N–H and O–H groups in total. The lowest BCUT2D eigenvalue weighted by molar-refractivity contribution is -0.385. The van der Waals surface area contributed by atoms with Crippen molar-refractivity contribution in [2.45, 2.75) is 20.3 Å². The molecule has 0 amide bonds. The number of nitrogens with zero attached hydrogens (tertiary/aromatic N) is 1. The number of rotatable bonds is 4. The van der Waals surface area contributed by atoms with Crippen molar-refractivity contribution in [1.29, 1.82) is 0 Å². The molecule has 0 radical (unpaired) electrons. The molecule has 0 fully saturated rings. The smallest absolute Gasteiger partial charge is 0.310 e. The van der Waals surface area contributed by atoms with Gasteiger partial charge in [-0.3, -0.25) is 14.9 Å². The Hall–Kier alpha value is -2.11. The molecule has 1 aromatic carbocycles. The molecule has 0 saturated heterocycles. The van der Waals surface area contributed by atoms with Gasteiger partial charge in [-0.2, -0.15) is 0 Å². The Morgan fingerprint density at radius 1 is 1.47 bits per heavy atom. The van der Waals surface area contributed by atoms with Crippen LogP contribution in [-0.2, 0) is 11.2 Å². The third-order valence-corrected chi connectivity index (χ3v) is 2.46. The Bertz CT molecular complexity index is 467. The standard InChI is InChI=1S/C11H13NO5/c1-11(2,10(14)15)6-7-3-4-8(12(16)17)9(13)5-7/h3-5,13H,6H2,1-2H3,(H,14,15). The summed E-state index contributed by atoms with van der Waals surface area (Å²) < 4.78 is 0. The van der Waals surface area contributed by atoms with E-state index in [0.717, 1.165) is 0 Å². The van der Waals surface area contributed by atoms with Gasteiger partial charge in [-0.05, 0) is 31.9 Å². The van der Waals surface area contributed by atoms with E-state index in [9.17, 15) is 20.0 Å². The Balaban J connectivity index is 2.99. The van der Waals surface area contributed by atoms with Crippen LogP contribution < -0.4 is 0 Å². The maximum atomic E-state index is 10.9. The molecule has 0 aromatic heterocycles. The number of carboxylic acid groups (broad SMARTS) is 1. The maximum absolute atomic E-state index is 10.9. The predicted molar refractivity (Wildman–Crippen MR) is 59.9 cm³/mol. The highest BCUT2D eigenvalue weighted by Crippen LogP contribution is 2.29. The number of hydrogen-bond donors (Lipinski definition) is 2. The summed E-state index contributed by atoms with van der Waals surface area (Å²) in [7, 11) is 0. The number of carbonyl (C=O) groups is 1. The number of hydrogen-bond acceptors (Lipinski definition) is 4. The molecule has 0 heterocycles. The van der Waals surface area contributed by atoms with E-state index in [1.165, 1.54) is 18.2 Å². The molecule has 0 bridgehead atoms. The fourth-order valence-corrected chi connectivity index (χ4v) is 1.42. The molecule has 1 aromatic rings. The van der Waals surface area contributed by atoms with E-state index in [2.05, 4.69) is 0 Å². The summed E-state index contributed by atoms with van der Waals surface area (Å²) in [5, 5.41) is 28.8. The van der Waals surface area contributed by atoms with Gasteiger partial charge in [0.2, 0.25) is 0 Å². The van der Waals surface area contributed by atoms with Gasteiger partial charge in [-0.1, -0.05) is 6.07 Å². The average Bonchev–Trinajstić information content (AvgIpc) is 2.15. The van der Waals surface area contributed by atoms with E-state index >= 15 is 0 Å². The highest BCUT2D eigenvalue weighted by Gasteiger charge is 2.28. The predicted octanol–water partition coefficient (Wildman–Crippen LogP) is 1.95. The van der Waals surface area contributed by atoms with Gasteiger partial charge in [0.05, 0.1) is 10.3 Å². The third kappa shape index (κ3) is 2.93. The van der Waals surface area contributed by atoms with Gasteiger partial charge in [-0.15, -0.1) is 0 Å². The highest BCUT2D eigenvalue weighted by molar-refractivity contribution is 5.74. The summed E-state index contributed by atoms with van der Waals surface area (Å²) in [5.74, 6) is -1.41. The van der Waals surface area contributed by atoms with Crippen LogP contribution in [0.1, 0.15) is 19.4 Å². The topological polar surface area (TPSA) is 101 Å². The largest absolute Gasteiger partial charge is 0.502 e. The summed E-state index contributed by atoms with van der Waals surface area (Å²) in [6.45, 7) is 3.10. The van der Waals surface area contributed by atoms with Gasteiger partial charge in [-0.25, -0.2) is 0 Å². The molecule has 0 aliphatic carbocycles. The Morgan fingerprint density at radius 3 is 2.47 bits per heavy atom. The van der Waals surface area contributed by atoms with Crippen LogP contribution in [0.25, 0.3) is 0 Å². The van der Waals surface area contributed by atoms with Crippen molar-refractivity contribution in [2.24, 2.45) is 5.41 Å². The number of carboxylic acids is 1. The molecule has 0 spiro atoms. The van der Waals surface area contributed by atoms with E-state index in [4.69, 9.17) is 5.11 Å². The molecule has 0 aliphatic heterocycles. The molecule has 6 heteroatoms. The van der Waals surface area contributed by atoms with Gasteiger partial charge < -0.3 is 10.2 Å². The van der Waals surface area contributed by atoms with Crippen LogP contribution >= 0.6 is 0 Å². The molecule has 92 valence electrons. The number of phenols is 1. The number of aromatic hydroxyl groups is 1. The molecule has 17 heavy (non-hydrogen) atoms. The molecular weight excluding hydrogens is 226 g/mol. The van der Waals surface area contributed by atoms with Crippen LogP contribution in [0.15, 0.2) is 18.2 Å². The van der Waals surface area contributed by atoms with Crippen molar-refractivity contribution in [3.8, 4) is 5.75 Å². The summed E-state index contributed by atoms with van der Waals surface area (Å²) in [6.07, 6.45) is 0.188. The average molecular weight is 239 g/mol. The molecule has 0 saturated carbocycles. The van der Waals surface area contributed by atoms with Crippen molar-refractivity contribution in [1.82, 2.24) is 0 Å². The van der Waals surface area contributed by atoms with Crippen molar-refractivity contribution in [3.05, 3.63) is 33.9 Å². The zero-order valence-electron chi connectivity index (χ0n) is 9.51. The van der Waals surface area contributed by atoms with E-state index < -0.39 is 22.1 Å². The first-order chi connectivity index (χ1) is 7.74. The minimum Gasteiger partial charge on any atom is -0.502 e. The molecule has 0 unspecified atom stereocenters. The first kappa shape index (κ1) is 13.0. The normalized spacial score (nSPS) is 11.2. The van der Waals surface area contributed by atoms with E-state index in [0.29, 0.717) is 5.56 Å². The SMILES string of the molecule is CC(C)(Cc1ccc([N+](=O)[O-])c(O)c1)C(=O)O. The van der Waals surface area contributed by atoms with Crippen molar-refractivity contribution in [3.63, 3.8) is 0 Å². The number of nitro groups is 1. The van der Waals surface area contributed by atoms with Crippen LogP contribution in [0.4, 0.5) is 5.69 Å². The van der Waals surface area contributed by atoms with E-state index in [1.54, 1.807) is 13.8 Å². The minimum absolute atomic E-state index is 0.188. The first-order valence-electron chi connectivity index (χ1n) is 4.94. The fraction of sp³-hybridized carbons (Fsp3) is 0.364. The Morgan fingerprint density at radius 2 is 2.06 bits per heavy atom. The maximum Gasteiger partial charge on any atom is 0.310 e. The molecule has 0 aliphatic rings. The van der Waals surface area contributed by atoms with E-state index in [1.807, 2.05) is 0 Å². The zero-order valence-corrected chi connectivity index (χ0v) is 9.51. The highest BCUT2D eigenvalue weighted by atomic mass is 16.6. The lowest BCUT2D eigenvalue weighted by Crippen LogP contribution is -2.26. The minimum atomic E-state index is -0.984. The fourth-order valence-electron chi connectivity index (χ4n) is 1.42. The second kappa shape index (κ2) is 4.40. The molecule has 1 rings (SSSR count). The summed E-state index contributed by atoms with van der Waals surface area (Å²) in [5.41, 5.74) is -0.829. The van der Waals surface area contributed by atoms with E-state index in [-0.39, 0.29) is 12.1 Å². The van der Waals surface area contributed by atoms with Gasteiger partial charge in [0.1, 0.15) is 0 Å². The number of benzene rings is 1. The van der Waals surface area contributed by atoms with Crippen molar-refractivity contribution < 1.29 is 19.9 Å². The van der Waals surface area contributed by atoms with Crippen LogP contribution in [-0.4, -0.2) is 21.1 Å². The van der Waals surface area contributed by atoms with Crippen molar-refractivity contribution in [2.75, 3.05) is 0 Å². The number of phenolic OH excluding ortho intramolecular Hbond substituents is 1. The lowest BCUT2D eigenvalue weighted by Gasteiger charge is -2.18. The Labute approximate surface area is 97.7 Å². The van der Waals surface area contributed by atoms with Crippen LogP contribution in [0.2, 0.25) is 0 Å². The van der Waals surface area contributed by atoms with Crippen LogP contribution in [0, 0.1) is 15.5 Å². The summed E-state index contributed by atoms with van der Waals surface area (Å²) >= 11 is 0. The van der Waals surface area contributed by atoms with Gasteiger partial charge in [0, 0.05) is 6.07 Å². The summed E-state index contributed by atoms with van der Waals surface area (Å²) in [4.78, 5) is 20.7. The van der Waals surface area contributed by atoms with Crippen LogP contribution in [0.5, 0.6) is 5.75 Å².